The smallest absolute Gasteiger partial charge is 0.242 e. The molecular weight excluding hydrogens is 530 g/mol. The van der Waals surface area contributed by atoms with Gasteiger partial charge in [-0.05, 0) is 48.9 Å². The zero-order valence-corrected chi connectivity index (χ0v) is 24.2. The van der Waals surface area contributed by atoms with Crippen molar-refractivity contribution >= 4 is 39.1 Å². The zero-order chi connectivity index (χ0) is 29.4. The molecule has 0 radical (unpaired) electrons. The highest BCUT2D eigenvalue weighted by atomic mass is 32.2. The Morgan fingerprint density at radius 2 is 1.82 bits per heavy atom. The number of carbonyl (C=O) groups is 3. The van der Waals surface area contributed by atoms with Gasteiger partial charge in [0, 0.05) is 31.4 Å². The van der Waals surface area contributed by atoms with E-state index >= 15 is 0 Å². The molecular formula is C29H35N5O5S. The molecule has 2 aromatic carbocycles. The van der Waals surface area contributed by atoms with Crippen molar-refractivity contribution in [2.45, 2.75) is 58.0 Å². The number of amides is 3. The van der Waals surface area contributed by atoms with Gasteiger partial charge < -0.3 is 15.5 Å². The van der Waals surface area contributed by atoms with E-state index in [1.165, 1.54) is 11.9 Å². The number of rotatable bonds is 8. The predicted molar refractivity (Wildman–Crippen MR) is 152 cm³/mol. The van der Waals surface area contributed by atoms with Crippen molar-refractivity contribution in [3.05, 3.63) is 59.2 Å². The third-order valence-corrected chi connectivity index (χ3v) is 9.59. The molecule has 2 aliphatic rings. The topological polar surface area (TPSA) is 140 Å². The Hall–Kier alpha value is -3.75. The first-order chi connectivity index (χ1) is 18.8. The quantitative estimate of drug-likeness (QED) is 0.505. The van der Waals surface area contributed by atoms with Crippen molar-refractivity contribution in [2.75, 3.05) is 30.0 Å². The number of nitrogens with one attached hydrogen (secondary N) is 2. The Kier molecular flexibility index (Phi) is 8.06. The summed E-state index contributed by atoms with van der Waals surface area (Å²) in [5.41, 5.74) is 2.43. The molecule has 40 heavy (non-hydrogen) atoms. The van der Waals surface area contributed by atoms with Crippen LogP contribution in [0.2, 0.25) is 0 Å². The highest BCUT2D eigenvalue weighted by Crippen LogP contribution is 2.46. The van der Waals surface area contributed by atoms with Crippen LogP contribution in [0.4, 0.5) is 11.4 Å². The summed E-state index contributed by atoms with van der Waals surface area (Å²) < 4.78 is 27.8. The monoisotopic (exact) mass is 565 g/mol. The third-order valence-electron chi connectivity index (χ3n) is 7.83. The summed E-state index contributed by atoms with van der Waals surface area (Å²) in [6.45, 7) is 7.32. The lowest BCUT2D eigenvalue weighted by molar-refractivity contribution is -0.136. The van der Waals surface area contributed by atoms with Crippen LogP contribution in [0.3, 0.4) is 0 Å². The van der Waals surface area contributed by atoms with Crippen molar-refractivity contribution < 1.29 is 22.8 Å². The van der Waals surface area contributed by atoms with E-state index in [1.54, 1.807) is 18.2 Å². The van der Waals surface area contributed by atoms with E-state index in [9.17, 15) is 28.1 Å². The summed E-state index contributed by atoms with van der Waals surface area (Å²) in [5, 5.41) is 15.5. The Morgan fingerprint density at radius 3 is 2.45 bits per heavy atom. The van der Waals surface area contributed by atoms with Crippen molar-refractivity contribution in [1.29, 1.82) is 5.26 Å². The summed E-state index contributed by atoms with van der Waals surface area (Å²) in [6, 6.07) is 12.8. The minimum absolute atomic E-state index is 0.0392. The zero-order valence-electron chi connectivity index (χ0n) is 23.4. The van der Waals surface area contributed by atoms with Gasteiger partial charge in [0.15, 0.2) is 0 Å². The highest BCUT2D eigenvalue weighted by molar-refractivity contribution is 7.89. The van der Waals surface area contributed by atoms with Crippen LogP contribution in [0.1, 0.15) is 43.4 Å². The standard InChI is InChI=1S/C29H35N5O5S/c1-18(2)13-24(33(5)40(38,39)16-25(35)32-26-19(3)9-8-10-20(26)4)27(36)34-17-29(14-21(34)15-30)22-11-6-7-12-23(22)31-28(29)37/h6-12,18,21,24H,13-14,16-17H2,1-5H3,(H,31,37)(H,32,35)/t21?,24-,29-/m0/s1. The van der Waals surface area contributed by atoms with Crippen LogP contribution in [0.5, 0.6) is 0 Å². The van der Waals surface area contributed by atoms with Gasteiger partial charge in [-0.15, -0.1) is 0 Å². The fourth-order valence-electron chi connectivity index (χ4n) is 5.68. The lowest BCUT2D eigenvalue weighted by atomic mass is 9.80. The van der Waals surface area contributed by atoms with Crippen molar-refractivity contribution in [1.82, 2.24) is 9.21 Å². The maximum absolute atomic E-state index is 14.0. The Bertz CT molecular complexity index is 1480. The maximum atomic E-state index is 14.0. The van der Waals surface area contributed by atoms with E-state index in [1.807, 2.05) is 52.0 Å². The van der Waals surface area contributed by atoms with Crippen molar-refractivity contribution in [2.24, 2.45) is 5.92 Å². The van der Waals surface area contributed by atoms with Crippen molar-refractivity contribution in [3.8, 4) is 6.07 Å². The number of anilines is 2. The summed E-state index contributed by atoms with van der Waals surface area (Å²) in [6.07, 6.45) is 0.290. The molecule has 2 N–H and O–H groups in total. The molecule has 2 heterocycles. The number of nitriles is 1. The van der Waals surface area contributed by atoms with Gasteiger partial charge in [0.1, 0.15) is 17.8 Å². The third kappa shape index (κ3) is 5.33. The first-order valence-corrected chi connectivity index (χ1v) is 14.8. The summed E-state index contributed by atoms with van der Waals surface area (Å²) in [4.78, 5) is 41.3. The van der Waals surface area contributed by atoms with E-state index in [-0.39, 0.29) is 31.2 Å². The fraction of sp³-hybridized carbons (Fsp3) is 0.448. The van der Waals surface area contributed by atoms with Gasteiger partial charge in [0.25, 0.3) is 0 Å². The number of sulfonamides is 1. The summed E-state index contributed by atoms with van der Waals surface area (Å²) in [5.74, 6) is -2.47. The second-order valence-electron chi connectivity index (χ2n) is 11.1. The van der Waals surface area contributed by atoms with E-state index in [2.05, 4.69) is 16.7 Å². The fourth-order valence-corrected chi connectivity index (χ4v) is 6.85. The number of likely N-dealkylation sites (N-methyl/N-ethyl adjacent to an activating group) is 1. The number of para-hydroxylation sites is 2. The van der Waals surface area contributed by atoms with Gasteiger partial charge in [-0.25, -0.2) is 8.42 Å². The van der Waals surface area contributed by atoms with Gasteiger partial charge in [-0.2, -0.15) is 9.57 Å². The minimum atomic E-state index is -4.22. The second kappa shape index (κ2) is 11.0. The molecule has 0 saturated carbocycles. The Labute approximate surface area is 235 Å². The van der Waals surface area contributed by atoms with Gasteiger partial charge >= 0.3 is 0 Å². The molecule has 1 spiro atoms. The van der Waals surface area contributed by atoms with Crippen molar-refractivity contribution in [3.63, 3.8) is 0 Å². The molecule has 2 aromatic rings. The molecule has 2 aliphatic heterocycles. The van der Waals surface area contributed by atoms with Gasteiger partial charge in [-0.1, -0.05) is 50.2 Å². The maximum Gasteiger partial charge on any atom is 0.242 e. The van der Waals surface area contributed by atoms with Crippen LogP contribution < -0.4 is 10.6 Å². The summed E-state index contributed by atoms with van der Waals surface area (Å²) >= 11 is 0. The van der Waals surface area contributed by atoms with Gasteiger partial charge in [0.2, 0.25) is 27.7 Å². The van der Waals surface area contributed by atoms with E-state index in [0.717, 1.165) is 21.0 Å². The van der Waals surface area contributed by atoms with Gasteiger partial charge in [0.05, 0.1) is 11.5 Å². The number of fused-ring (bicyclic) bond motifs is 2. The number of hydrogen-bond acceptors (Lipinski definition) is 6. The molecule has 1 fully saturated rings. The normalized spacial score (nSPS) is 20.9. The number of likely N-dealkylation sites (tertiary alicyclic amines) is 1. The largest absolute Gasteiger partial charge is 0.325 e. The molecule has 3 amide bonds. The first kappa shape index (κ1) is 29.2. The molecule has 11 heteroatoms. The molecule has 1 unspecified atom stereocenters. The van der Waals surface area contributed by atoms with Crippen LogP contribution in [0, 0.1) is 31.1 Å². The molecule has 3 atom stereocenters. The van der Waals surface area contributed by atoms with Crippen LogP contribution in [-0.2, 0) is 29.8 Å². The number of aryl methyl sites for hydroxylation is 2. The Morgan fingerprint density at radius 1 is 1.18 bits per heavy atom. The molecule has 0 bridgehead atoms. The molecule has 10 nitrogen and oxygen atoms in total. The molecule has 0 aliphatic carbocycles. The number of hydrogen-bond donors (Lipinski definition) is 2. The lowest BCUT2D eigenvalue weighted by Crippen LogP contribution is -2.52. The first-order valence-electron chi connectivity index (χ1n) is 13.2. The Balaban J connectivity index is 1.59. The summed E-state index contributed by atoms with van der Waals surface area (Å²) in [7, 11) is -2.94. The van der Waals surface area contributed by atoms with E-state index < -0.39 is 45.1 Å². The lowest BCUT2D eigenvalue weighted by Gasteiger charge is -2.32. The van der Waals surface area contributed by atoms with E-state index in [0.29, 0.717) is 11.4 Å². The molecule has 1 saturated heterocycles. The SMILES string of the molecule is Cc1cccc(C)c1NC(=O)CS(=O)(=O)N(C)[C@@H](CC(C)C)C(=O)N1C[C@]2(CC1C#N)C(=O)Nc1ccccc12. The number of benzene rings is 2. The highest BCUT2D eigenvalue weighted by Gasteiger charge is 2.56. The average Bonchev–Trinajstić information content (AvgIpc) is 3.41. The molecule has 0 aromatic heterocycles. The van der Waals surface area contributed by atoms with Crippen LogP contribution in [-0.4, -0.2) is 66.8 Å². The number of nitrogens with zero attached hydrogens (tertiary/aromatic N) is 3. The average molecular weight is 566 g/mol. The number of carbonyl (C=O) groups excluding carboxylic acids is 3. The van der Waals surface area contributed by atoms with Crippen LogP contribution >= 0.6 is 0 Å². The molecule has 212 valence electrons. The molecule has 4 rings (SSSR count). The van der Waals surface area contributed by atoms with Crippen LogP contribution in [0.15, 0.2) is 42.5 Å². The van der Waals surface area contributed by atoms with Gasteiger partial charge in [-0.3, -0.25) is 14.4 Å². The van der Waals surface area contributed by atoms with Crippen LogP contribution in [0.25, 0.3) is 0 Å². The predicted octanol–water partition coefficient (Wildman–Crippen LogP) is 2.93. The minimum Gasteiger partial charge on any atom is -0.325 e. The van der Waals surface area contributed by atoms with E-state index in [4.69, 9.17) is 0 Å². The second-order valence-corrected chi connectivity index (χ2v) is 13.2.